The lowest BCUT2D eigenvalue weighted by molar-refractivity contribution is -0.152. The molecule has 1 aliphatic heterocycles. The maximum Gasteiger partial charge on any atom is 0.321 e. The van der Waals surface area contributed by atoms with Gasteiger partial charge < -0.3 is 24.4 Å². The van der Waals surface area contributed by atoms with E-state index in [0.717, 1.165) is 0 Å². The lowest BCUT2D eigenvalue weighted by atomic mass is 10.1. The van der Waals surface area contributed by atoms with E-state index in [0.29, 0.717) is 23.7 Å². The molecule has 10 heteroatoms. The van der Waals surface area contributed by atoms with Crippen LogP contribution in [0.15, 0.2) is 18.2 Å². The lowest BCUT2D eigenvalue weighted by Gasteiger charge is -2.20. The molecule has 0 bridgehead atoms. The molecule has 1 atom stereocenters. The van der Waals surface area contributed by atoms with Crippen LogP contribution >= 0.6 is 0 Å². The summed E-state index contributed by atoms with van der Waals surface area (Å²) in [5.74, 6) is -1.43. The fraction of sp³-hybridized carbons (Fsp3) is 0.444. The summed E-state index contributed by atoms with van der Waals surface area (Å²) in [7, 11) is 2.99. The van der Waals surface area contributed by atoms with Gasteiger partial charge in [0, 0.05) is 25.6 Å². The third-order valence-corrected chi connectivity index (χ3v) is 4.07. The number of ether oxygens (including phenoxy) is 3. The van der Waals surface area contributed by atoms with E-state index in [4.69, 9.17) is 14.2 Å². The third-order valence-electron chi connectivity index (χ3n) is 4.07. The van der Waals surface area contributed by atoms with Crippen LogP contribution < -0.4 is 25.0 Å². The number of rotatable bonds is 7. The molecule has 0 aliphatic carbocycles. The Morgan fingerprint density at radius 2 is 1.96 bits per heavy atom. The van der Waals surface area contributed by atoms with Gasteiger partial charge in [-0.3, -0.25) is 19.7 Å². The Hall–Kier alpha value is -3.30. The van der Waals surface area contributed by atoms with Crippen LogP contribution in [0.4, 0.5) is 10.5 Å². The number of hydrogen-bond donors (Lipinski definition) is 2. The Balaban J connectivity index is 1.96. The first-order chi connectivity index (χ1) is 13.4. The van der Waals surface area contributed by atoms with Crippen molar-refractivity contribution in [1.29, 1.82) is 0 Å². The highest BCUT2D eigenvalue weighted by Gasteiger charge is 2.37. The zero-order valence-corrected chi connectivity index (χ0v) is 15.9. The summed E-state index contributed by atoms with van der Waals surface area (Å²) in [4.78, 5) is 48.8. The number of urea groups is 1. The number of anilines is 1. The minimum Gasteiger partial charge on any atom is -0.497 e. The van der Waals surface area contributed by atoms with Crippen molar-refractivity contribution >= 4 is 29.5 Å². The summed E-state index contributed by atoms with van der Waals surface area (Å²) in [6, 6.07) is 4.32. The van der Waals surface area contributed by atoms with Crippen molar-refractivity contribution in [2.75, 3.05) is 38.8 Å². The second-order valence-electron chi connectivity index (χ2n) is 5.96. The maximum atomic E-state index is 12.4. The summed E-state index contributed by atoms with van der Waals surface area (Å²) in [6.07, 6.45) is -0.0496. The highest BCUT2D eigenvalue weighted by atomic mass is 16.5. The minimum absolute atomic E-state index is 0.0496. The number of carbonyl (C=O) groups excluding carboxylic acids is 4. The van der Waals surface area contributed by atoms with Crippen LogP contribution in [0.2, 0.25) is 0 Å². The normalized spacial score (nSPS) is 15.8. The zero-order valence-electron chi connectivity index (χ0n) is 15.9. The second-order valence-corrected chi connectivity index (χ2v) is 5.96. The lowest BCUT2D eigenvalue weighted by Crippen LogP contribution is -2.41. The molecule has 0 saturated carbocycles. The summed E-state index contributed by atoms with van der Waals surface area (Å²) in [5.41, 5.74) is 0.512. The van der Waals surface area contributed by atoms with Crippen LogP contribution in [0, 0.1) is 5.92 Å². The molecule has 2 rings (SSSR count). The van der Waals surface area contributed by atoms with Crippen molar-refractivity contribution in [3.05, 3.63) is 18.2 Å². The average Bonchev–Trinajstić information content (AvgIpc) is 3.07. The molecule has 1 heterocycles. The Morgan fingerprint density at radius 3 is 2.61 bits per heavy atom. The van der Waals surface area contributed by atoms with E-state index in [1.165, 1.54) is 19.1 Å². The van der Waals surface area contributed by atoms with Crippen molar-refractivity contribution in [3.8, 4) is 11.5 Å². The number of amides is 4. The van der Waals surface area contributed by atoms with Crippen LogP contribution in [-0.2, 0) is 19.1 Å². The molecule has 28 heavy (non-hydrogen) atoms. The third kappa shape index (κ3) is 5.12. The minimum atomic E-state index is -0.752. The topological polar surface area (TPSA) is 123 Å². The van der Waals surface area contributed by atoms with Gasteiger partial charge in [0.15, 0.2) is 6.61 Å². The van der Waals surface area contributed by atoms with Gasteiger partial charge in [0.05, 0.1) is 25.8 Å². The van der Waals surface area contributed by atoms with E-state index in [1.807, 2.05) is 5.32 Å². The molecule has 4 amide bonds. The molecule has 0 aromatic heterocycles. The van der Waals surface area contributed by atoms with E-state index in [9.17, 15) is 19.2 Å². The van der Waals surface area contributed by atoms with Gasteiger partial charge in [0.2, 0.25) is 5.91 Å². The Bertz CT molecular complexity index is 766. The molecular weight excluding hydrogens is 370 g/mol. The van der Waals surface area contributed by atoms with Gasteiger partial charge in [-0.25, -0.2) is 4.79 Å². The largest absolute Gasteiger partial charge is 0.497 e. The van der Waals surface area contributed by atoms with Crippen LogP contribution in [0.3, 0.4) is 0 Å². The fourth-order valence-corrected chi connectivity index (χ4v) is 2.73. The second kappa shape index (κ2) is 9.58. The highest BCUT2D eigenvalue weighted by Crippen LogP contribution is 2.35. The monoisotopic (exact) mass is 393 g/mol. The highest BCUT2D eigenvalue weighted by molar-refractivity contribution is 6.01. The van der Waals surface area contributed by atoms with Crippen molar-refractivity contribution in [2.45, 2.75) is 13.3 Å². The molecule has 0 unspecified atom stereocenters. The number of imide groups is 1. The number of nitrogens with zero attached hydrogens (tertiary/aromatic N) is 1. The van der Waals surface area contributed by atoms with Gasteiger partial charge in [-0.1, -0.05) is 0 Å². The van der Waals surface area contributed by atoms with Gasteiger partial charge in [-0.15, -0.1) is 0 Å². The van der Waals surface area contributed by atoms with Crippen LogP contribution in [0.1, 0.15) is 13.3 Å². The zero-order chi connectivity index (χ0) is 20.7. The maximum absolute atomic E-state index is 12.4. The number of benzene rings is 1. The number of nitrogens with one attached hydrogen (secondary N) is 2. The molecule has 2 N–H and O–H groups in total. The van der Waals surface area contributed by atoms with E-state index in [1.54, 1.807) is 25.1 Å². The van der Waals surface area contributed by atoms with E-state index in [2.05, 4.69) is 5.32 Å². The smallest absolute Gasteiger partial charge is 0.321 e. The molecule has 10 nitrogen and oxygen atoms in total. The van der Waals surface area contributed by atoms with E-state index < -0.39 is 30.4 Å². The van der Waals surface area contributed by atoms with E-state index >= 15 is 0 Å². The predicted octanol–water partition coefficient (Wildman–Crippen LogP) is 0.446. The van der Waals surface area contributed by atoms with Gasteiger partial charge >= 0.3 is 12.0 Å². The first-order valence-corrected chi connectivity index (χ1v) is 8.66. The Kier molecular flexibility index (Phi) is 7.19. The van der Waals surface area contributed by atoms with Crippen LogP contribution in [0.5, 0.6) is 11.5 Å². The van der Waals surface area contributed by atoms with Gasteiger partial charge in [0.1, 0.15) is 11.5 Å². The number of hydrogen-bond acceptors (Lipinski definition) is 7. The van der Waals surface area contributed by atoms with Crippen molar-refractivity contribution in [2.24, 2.45) is 5.92 Å². The van der Waals surface area contributed by atoms with Crippen molar-refractivity contribution in [1.82, 2.24) is 10.6 Å². The molecule has 1 fully saturated rings. The van der Waals surface area contributed by atoms with Crippen molar-refractivity contribution < 1.29 is 33.4 Å². The summed E-state index contributed by atoms with van der Waals surface area (Å²) in [5, 5.41) is 4.41. The van der Waals surface area contributed by atoms with Gasteiger partial charge in [-0.05, 0) is 19.1 Å². The molecule has 0 radical (unpaired) electrons. The summed E-state index contributed by atoms with van der Waals surface area (Å²) < 4.78 is 15.4. The SMILES string of the molecule is CCNC(=O)NC(=O)COC(=O)[C@@H]1CC(=O)N(c2ccc(OC)cc2OC)C1. The summed E-state index contributed by atoms with van der Waals surface area (Å²) in [6.45, 7) is 1.54. The molecule has 1 saturated heterocycles. The number of methoxy groups -OCH3 is 2. The molecule has 0 spiro atoms. The van der Waals surface area contributed by atoms with Crippen LogP contribution in [-0.4, -0.2) is 57.7 Å². The first-order valence-electron chi connectivity index (χ1n) is 8.66. The van der Waals surface area contributed by atoms with Crippen molar-refractivity contribution in [3.63, 3.8) is 0 Å². The van der Waals surface area contributed by atoms with E-state index in [-0.39, 0.29) is 18.9 Å². The fourth-order valence-electron chi connectivity index (χ4n) is 2.73. The predicted molar refractivity (Wildman–Crippen MR) is 98.2 cm³/mol. The number of esters is 1. The van der Waals surface area contributed by atoms with Gasteiger partial charge in [0.25, 0.3) is 5.91 Å². The summed E-state index contributed by atoms with van der Waals surface area (Å²) >= 11 is 0. The molecule has 152 valence electrons. The molecular formula is C18H23N3O7. The first kappa shape index (κ1) is 21.0. The van der Waals surface area contributed by atoms with Crippen LogP contribution in [0.25, 0.3) is 0 Å². The average molecular weight is 393 g/mol. The standard InChI is InChI=1S/C18H23N3O7/c1-4-19-18(25)20-15(22)10-28-17(24)11-7-16(23)21(9-11)13-6-5-12(26-2)8-14(13)27-3/h5-6,8,11H,4,7,9-10H2,1-3H3,(H2,19,20,22,25)/t11-/m1/s1. The Labute approximate surface area is 162 Å². The molecule has 1 aromatic carbocycles. The Morgan fingerprint density at radius 1 is 1.21 bits per heavy atom. The number of carbonyl (C=O) groups is 4. The molecule has 1 aliphatic rings. The molecule has 1 aromatic rings. The van der Waals surface area contributed by atoms with Gasteiger partial charge in [-0.2, -0.15) is 0 Å². The quantitative estimate of drug-likeness (QED) is 0.645.